The minimum Gasteiger partial charge on any atom is -0.395 e. The number of anilines is 5. The average Bonchev–Trinajstić information content (AvgIpc) is 3.65. The second-order valence-corrected chi connectivity index (χ2v) is 19.2. The molecule has 12 heteroatoms. The smallest absolute Gasteiger partial charge is 0.264 e. The SMILES string of the molecule is C[C@@H]1[C@@H]([Si](C)(C)F)[C@H](CC(=O)N(CCO)Cc2ccccc2)O[C@@]12C(=O)N(Cc1cccc(N(C=O)c3ccccc3)c1)c1ccc(N(C=O)c3ccccc3)cc12. The molecule has 5 aromatic carbocycles. The second kappa shape index (κ2) is 16.9. The van der Waals surface area contributed by atoms with Crippen LogP contribution >= 0.6 is 0 Å². The molecule has 1 N–H and O–H groups in total. The van der Waals surface area contributed by atoms with Crippen LogP contribution in [-0.2, 0) is 42.6 Å². The molecular formula is C46H47FN4O6Si. The maximum atomic E-state index is 16.8. The van der Waals surface area contributed by atoms with E-state index >= 15 is 8.90 Å². The van der Waals surface area contributed by atoms with Crippen molar-refractivity contribution in [1.82, 2.24) is 4.90 Å². The first-order valence-corrected chi connectivity index (χ1v) is 22.4. The monoisotopic (exact) mass is 798 g/mol. The Morgan fingerprint density at radius 2 is 1.34 bits per heavy atom. The number of aliphatic hydroxyl groups excluding tert-OH is 1. The molecule has 5 aromatic rings. The van der Waals surface area contributed by atoms with E-state index in [1.807, 2.05) is 110 Å². The molecule has 0 aromatic heterocycles. The van der Waals surface area contributed by atoms with Crippen molar-refractivity contribution >= 4 is 61.5 Å². The standard InChI is InChI=1S/C46H47FN4O6Si/c1-33-44(58(2,3)47)42(28-43(55)48(24-25-52)29-34-14-7-4-8-15-34)57-46(33)40-27-39(51(32-54)37-19-11-6-12-20-37)22-23-41(40)49(45(46)56)30-35-16-13-21-38(26-35)50(31-53)36-17-9-5-10-18-36/h4-23,26-27,31-33,42,44,52H,24-25,28-30H2,1-3H3/t33-,42+,44-,46+/m1/s1. The maximum Gasteiger partial charge on any atom is 0.264 e. The summed E-state index contributed by atoms with van der Waals surface area (Å²) in [6, 6.07) is 40.4. The third-order valence-corrected chi connectivity index (χ3v) is 13.8. The summed E-state index contributed by atoms with van der Waals surface area (Å²) in [4.78, 5) is 60.6. The topological polar surface area (TPSA) is 111 Å². The first kappa shape index (κ1) is 40.3. The highest BCUT2D eigenvalue weighted by Crippen LogP contribution is 2.61. The number of benzene rings is 5. The van der Waals surface area contributed by atoms with Gasteiger partial charge in [0.15, 0.2) is 5.60 Å². The molecule has 0 radical (unpaired) electrons. The van der Waals surface area contributed by atoms with Gasteiger partial charge in [-0.25, -0.2) is 0 Å². The van der Waals surface area contributed by atoms with Gasteiger partial charge >= 0.3 is 0 Å². The Morgan fingerprint density at radius 1 is 0.793 bits per heavy atom. The highest BCUT2D eigenvalue weighted by atomic mass is 28.4. The van der Waals surface area contributed by atoms with E-state index in [-0.39, 0.29) is 38.6 Å². The lowest BCUT2D eigenvalue weighted by Gasteiger charge is -2.31. The van der Waals surface area contributed by atoms with Gasteiger partial charge in [-0.1, -0.05) is 85.8 Å². The molecule has 1 saturated heterocycles. The number of hydrogen-bond donors (Lipinski definition) is 1. The van der Waals surface area contributed by atoms with Gasteiger partial charge in [-0.05, 0) is 78.8 Å². The van der Waals surface area contributed by atoms with Crippen LogP contribution in [0.2, 0.25) is 18.6 Å². The third-order valence-electron chi connectivity index (χ3n) is 11.3. The van der Waals surface area contributed by atoms with Gasteiger partial charge in [-0.3, -0.25) is 29.0 Å². The molecule has 0 bridgehead atoms. The Hall–Kier alpha value is -5.95. The summed E-state index contributed by atoms with van der Waals surface area (Å²) < 4.78 is 23.7. The molecule has 2 heterocycles. The van der Waals surface area contributed by atoms with E-state index in [1.165, 1.54) is 9.80 Å². The number of halogens is 1. The van der Waals surface area contributed by atoms with Crippen LogP contribution in [0.1, 0.15) is 30.0 Å². The van der Waals surface area contributed by atoms with Crippen LogP contribution in [0.5, 0.6) is 0 Å². The number of rotatable bonds is 15. The molecule has 58 heavy (non-hydrogen) atoms. The third kappa shape index (κ3) is 7.70. The van der Waals surface area contributed by atoms with Crippen LogP contribution < -0.4 is 14.7 Å². The fourth-order valence-electron chi connectivity index (χ4n) is 8.77. The number of para-hydroxylation sites is 2. The number of nitrogens with zero attached hydrogens (tertiary/aromatic N) is 4. The molecule has 298 valence electrons. The molecule has 4 atom stereocenters. The molecule has 7 rings (SSSR count). The highest BCUT2D eigenvalue weighted by molar-refractivity contribution is 6.72. The van der Waals surface area contributed by atoms with E-state index in [0.717, 1.165) is 17.5 Å². The van der Waals surface area contributed by atoms with Crippen LogP contribution in [0.15, 0.2) is 133 Å². The average molecular weight is 799 g/mol. The van der Waals surface area contributed by atoms with E-state index in [2.05, 4.69) is 0 Å². The van der Waals surface area contributed by atoms with Crippen molar-refractivity contribution in [2.75, 3.05) is 27.9 Å². The van der Waals surface area contributed by atoms with Crippen LogP contribution in [0, 0.1) is 5.92 Å². The molecule has 0 unspecified atom stereocenters. The first-order valence-electron chi connectivity index (χ1n) is 19.4. The molecule has 0 aliphatic carbocycles. The molecule has 0 saturated carbocycles. The Balaban J connectivity index is 1.30. The minimum atomic E-state index is -3.66. The molecule has 1 spiro atoms. The number of fused-ring (bicyclic) bond motifs is 2. The van der Waals surface area contributed by atoms with Gasteiger partial charge in [0.1, 0.15) is 0 Å². The van der Waals surface area contributed by atoms with E-state index in [4.69, 9.17) is 4.74 Å². The summed E-state index contributed by atoms with van der Waals surface area (Å²) in [5.74, 6) is -1.43. The van der Waals surface area contributed by atoms with Gasteiger partial charge in [0.2, 0.25) is 27.1 Å². The summed E-state index contributed by atoms with van der Waals surface area (Å²) >= 11 is 0. The quantitative estimate of drug-likeness (QED) is 0.0653. The summed E-state index contributed by atoms with van der Waals surface area (Å²) in [6.07, 6.45) is 0.295. The van der Waals surface area contributed by atoms with Crippen LogP contribution in [0.4, 0.5) is 32.5 Å². The summed E-state index contributed by atoms with van der Waals surface area (Å²) in [5.41, 5.74) is 2.56. The van der Waals surface area contributed by atoms with Gasteiger partial charge in [0.25, 0.3) is 5.91 Å². The van der Waals surface area contributed by atoms with Gasteiger partial charge in [-0.2, -0.15) is 0 Å². The van der Waals surface area contributed by atoms with E-state index in [0.29, 0.717) is 40.4 Å². The Morgan fingerprint density at radius 3 is 1.91 bits per heavy atom. The normalized spacial score (nSPS) is 19.8. The fourth-order valence-corrected chi connectivity index (χ4v) is 11.3. The molecule has 1 fully saturated rings. The number of amides is 4. The second-order valence-electron chi connectivity index (χ2n) is 15.4. The summed E-state index contributed by atoms with van der Waals surface area (Å²) in [5, 5.41) is 9.93. The molecule has 2 aliphatic heterocycles. The fraction of sp³-hybridized carbons (Fsp3) is 0.261. The lowest BCUT2D eigenvalue weighted by Crippen LogP contribution is -2.45. The summed E-state index contributed by atoms with van der Waals surface area (Å²) in [7, 11) is -3.66. The van der Waals surface area contributed by atoms with Crippen molar-refractivity contribution in [3.63, 3.8) is 0 Å². The van der Waals surface area contributed by atoms with Crippen molar-refractivity contribution in [3.05, 3.63) is 150 Å². The van der Waals surface area contributed by atoms with Gasteiger partial charge in [0.05, 0.1) is 31.4 Å². The van der Waals surface area contributed by atoms with Crippen molar-refractivity contribution < 1.29 is 33.1 Å². The summed E-state index contributed by atoms with van der Waals surface area (Å²) in [6.45, 7) is 5.16. The van der Waals surface area contributed by atoms with Crippen molar-refractivity contribution in [3.8, 4) is 0 Å². The number of ether oxygens (including phenoxy) is 1. The first-order chi connectivity index (χ1) is 28.0. The molecule has 2 aliphatic rings. The Bertz CT molecular complexity index is 2260. The van der Waals surface area contributed by atoms with Gasteiger partial charge in [-0.15, -0.1) is 0 Å². The van der Waals surface area contributed by atoms with Crippen molar-refractivity contribution in [2.45, 2.75) is 56.8 Å². The van der Waals surface area contributed by atoms with Crippen LogP contribution in [0.3, 0.4) is 0 Å². The van der Waals surface area contributed by atoms with Gasteiger partial charge < -0.3 is 23.8 Å². The zero-order valence-electron chi connectivity index (χ0n) is 32.8. The zero-order chi connectivity index (χ0) is 41.0. The lowest BCUT2D eigenvalue weighted by molar-refractivity contribution is -0.150. The van der Waals surface area contributed by atoms with Crippen molar-refractivity contribution in [1.29, 1.82) is 0 Å². The van der Waals surface area contributed by atoms with Crippen LogP contribution in [0.25, 0.3) is 0 Å². The number of carbonyl (C=O) groups is 4. The highest BCUT2D eigenvalue weighted by Gasteiger charge is 2.67. The Labute approximate surface area is 339 Å². The molecular weight excluding hydrogens is 752 g/mol. The number of carbonyl (C=O) groups excluding carboxylic acids is 4. The zero-order valence-corrected chi connectivity index (χ0v) is 33.8. The van der Waals surface area contributed by atoms with E-state index in [1.54, 1.807) is 53.2 Å². The van der Waals surface area contributed by atoms with E-state index < -0.39 is 37.5 Å². The molecule has 4 amide bonds. The predicted molar refractivity (Wildman–Crippen MR) is 225 cm³/mol. The lowest BCUT2D eigenvalue weighted by atomic mass is 9.82. The maximum absolute atomic E-state index is 16.8. The minimum absolute atomic E-state index is 0.0764. The predicted octanol–water partition coefficient (Wildman–Crippen LogP) is 8.01. The number of aliphatic hydroxyl groups is 1. The van der Waals surface area contributed by atoms with Gasteiger partial charge in [0, 0.05) is 52.9 Å². The number of hydrogen-bond acceptors (Lipinski definition) is 6. The molecule has 10 nitrogen and oxygen atoms in total. The Kier molecular flexibility index (Phi) is 11.7. The van der Waals surface area contributed by atoms with Crippen molar-refractivity contribution in [2.24, 2.45) is 5.92 Å². The van der Waals surface area contributed by atoms with E-state index in [9.17, 15) is 19.5 Å². The largest absolute Gasteiger partial charge is 0.395 e. The van der Waals surface area contributed by atoms with Crippen LogP contribution in [-0.4, -0.2) is 62.3 Å².